The summed E-state index contributed by atoms with van der Waals surface area (Å²) < 4.78 is 0. The molecule has 0 saturated carbocycles. The number of nitrogens with zero attached hydrogens (tertiary/aromatic N) is 2. The lowest BCUT2D eigenvalue weighted by molar-refractivity contribution is 0.0504. The van der Waals surface area contributed by atoms with Gasteiger partial charge in [0.15, 0.2) is 0 Å². The molecule has 0 aliphatic carbocycles. The molecule has 5 nitrogen and oxygen atoms in total. The largest absolute Gasteiger partial charge is 0.332 e. The highest BCUT2D eigenvalue weighted by Crippen LogP contribution is 2.24. The number of nitrogens with one attached hydrogen (secondary N) is 1. The Balaban J connectivity index is 2.23. The van der Waals surface area contributed by atoms with Gasteiger partial charge in [-0.05, 0) is 45.2 Å². The number of hydrogen-bond donors (Lipinski definition) is 2. The van der Waals surface area contributed by atoms with Gasteiger partial charge in [0.25, 0.3) is 5.91 Å². The Bertz CT molecular complexity index is 425. The summed E-state index contributed by atoms with van der Waals surface area (Å²) in [6.07, 6.45) is 4.90. The Morgan fingerprint density at radius 3 is 2.72 bits per heavy atom. The molecule has 5 heteroatoms. The van der Waals surface area contributed by atoms with Gasteiger partial charge in [-0.15, -0.1) is 0 Å². The lowest BCUT2D eigenvalue weighted by atomic mass is 9.97. The number of rotatable bonds is 2. The molecule has 2 heterocycles. The second kappa shape index (κ2) is 5.35. The SMILES string of the molecule is CC1CCCC(C)N1C(=O)c1cc(NN)ccn1. The number of nitrogen functional groups attached to an aromatic ring is 1. The molecule has 0 spiro atoms. The molecule has 3 N–H and O–H groups in total. The average molecular weight is 248 g/mol. The van der Waals surface area contributed by atoms with Gasteiger partial charge < -0.3 is 10.3 Å². The van der Waals surface area contributed by atoms with E-state index in [2.05, 4.69) is 24.3 Å². The van der Waals surface area contributed by atoms with E-state index in [9.17, 15) is 4.79 Å². The van der Waals surface area contributed by atoms with Crippen molar-refractivity contribution in [1.29, 1.82) is 0 Å². The van der Waals surface area contributed by atoms with E-state index in [1.165, 1.54) is 6.42 Å². The van der Waals surface area contributed by atoms with Gasteiger partial charge in [-0.3, -0.25) is 15.6 Å². The highest BCUT2D eigenvalue weighted by Gasteiger charge is 2.30. The fourth-order valence-corrected chi connectivity index (χ4v) is 2.59. The fraction of sp³-hybridized carbons (Fsp3) is 0.538. The summed E-state index contributed by atoms with van der Waals surface area (Å²) in [5, 5.41) is 0. The molecule has 1 aromatic heterocycles. The first-order chi connectivity index (χ1) is 8.63. The second-order valence-electron chi connectivity index (χ2n) is 4.92. The molecule has 0 radical (unpaired) electrons. The maximum Gasteiger partial charge on any atom is 0.273 e. The molecule has 0 aromatic carbocycles. The minimum Gasteiger partial charge on any atom is -0.332 e. The zero-order chi connectivity index (χ0) is 13.1. The van der Waals surface area contributed by atoms with Crippen molar-refractivity contribution >= 4 is 11.6 Å². The van der Waals surface area contributed by atoms with E-state index in [1.807, 2.05) is 4.90 Å². The maximum absolute atomic E-state index is 12.5. The van der Waals surface area contributed by atoms with Crippen LogP contribution < -0.4 is 11.3 Å². The van der Waals surface area contributed by atoms with E-state index in [0.717, 1.165) is 12.8 Å². The van der Waals surface area contributed by atoms with E-state index >= 15 is 0 Å². The summed E-state index contributed by atoms with van der Waals surface area (Å²) in [5.74, 6) is 5.34. The molecular formula is C13H20N4O. The number of likely N-dealkylation sites (tertiary alicyclic amines) is 1. The third-order valence-corrected chi connectivity index (χ3v) is 3.57. The molecule has 2 rings (SSSR count). The topological polar surface area (TPSA) is 71.2 Å². The molecule has 2 atom stereocenters. The van der Waals surface area contributed by atoms with Crippen LogP contribution >= 0.6 is 0 Å². The van der Waals surface area contributed by atoms with Gasteiger partial charge in [-0.2, -0.15) is 0 Å². The average Bonchev–Trinajstić information content (AvgIpc) is 2.38. The Hall–Kier alpha value is -1.62. The lowest BCUT2D eigenvalue weighted by Crippen LogP contribution is -2.47. The molecule has 1 aliphatic rings. The summed E-state index contributed by atoms with van der Waals surface area (Å²) in [5.41, 5.74) is 3.69. The number of hydrazine groups is 1. The number of carbonyl (C=O) groups excluding carboxylic acids is 1. The van der Waals surface area contributed by atoms with E-state index in [1.54, 1.807) is 18.3 Å². The number of aromatic nitrogens is 1. The molecule has 98 valence electrons. The zero-order valence-corrected chi connectivity index (χ0v) is 10.9. The highest BCUT2D eigenvalue weighted by atomic mass is 16.2. The van der Waals surface area contributed by atoms with Gasteiger partial charge in [-0.1, -0.05) is 0 Å². The van der Waals surface area contributed by atoms with E-state index in [4.69, 9.17) is 5.84 Å². The first-order valence-corrected chi connectivity index (χ1v) is 6.39. The van der Waals surface area contributed by atoms with Crippen molar-refractivity contribution in [2.75, 3.05) is 5.43 Å². The molecule has 1 saturated heterocycles. The number of hydrogen-bond acceptors (Lipinski definition) is 4. The van der Waals surface area contributed by atoms with Gasteiger partial charge in [0.1, 0.15) is 5.69 Å². The summed E-state index contributed by atoms with van der Waals surface area (Å²) in [7, 11) is 0. The molecular weight excluding hydrogens is 228 g/mol. The van der Waals surface area contributed by atoms with Crippen LogP contribution in [0, 0.1) is 0 Å². The van der Waals surface area contributed by atoms with Gasteiger partial charge in [0, 0.05) is 18.3 Å². The van der Waals surface area contributed by atoms with Gasteiger partial charge in [0.2, 0.25) is 0 Å². The molecule has 1 aromatic rings. The van der Waals surface area contributed by atoms with Crippen molar-refractivity contribution in [2.24, 2.45) is 5.84 Å². The number of anilines is 1. The first-order valence-electron chi connectivity index (χ1n) is 6.39. The quantitative estimate of drug-likeness (QED) is 0.618. The number of amides is 1. The van der Waals surface area contributed by atoms with Crippen LogP contribution in [0.5, 0.6) is 0 Å². The molecule has 1 amide bonds. The number of carbonyl (C=O) groups is 1. The van der Waals surface area contributed by atoms with Crippen LogP contribution in [0.15, 0.2) is 18.3 Å². The number of piperidine rings is 1. The highest BCUT2D eigenvalue weighted by molar-refractivity contribution is 5.93. The standard InChI is InChI=1S/C13H20N4O/c1-9-4-3-5-10(2)17(9)13(18)12-8-11(16-14)6-7-15-12/h6-10H,3-5,14H2,1-2H3,(H,15,16). The number of pyridine rings is 1. The lowest BCUT2D eigenvalue weighted by Gasteiger charge is -2.38. The second-order valence-corrected chi connectivity index (χ2v) is 4.92. The van der Waals surface area contributed by atoms with Crippen molar-refractivity contribution in [3.05, 3.63) is 24.0 Å². The van der Waals surface area contributed by atoms with E-state index in [-0.39, 0.29) is 18.0 Å². The van der Waals surface area contributed by atoms with Crippen molar-refractivity contribution in [3.63, 3.8) is 0 Å². The third kappa shape index (κ3) is 2.46. The normalized spacial score (nSPS) is 23.8. The predicted molar refractivity (Wildman–Crippen MR) is 71.0 cm³/mol. The zero-order valence-electron chi connectivity index (χ0n) is 10.9. The monoisotopic (exact) mass is 248 g/mol. The summed E-state index contributed by atoms with van der Waals surface area (Å²) in [6, 6.07) is 3.98. The Kier molecular flexibility index (Phi) is 3.81. The van der Waals surface area contributed by atoms with Crippen molar-refractivity contribution in [3.8, 4) is 0 Å². The molecule has 18 heavy (non-hydrogen) atoms. The van der Waals surface area contributed by atoms with Crippen LogP contribution in [0.4, 0.5) is 5.69 Å². The predicted octanol–water partition coefficient (Wildman–Crippen LogP) is 1.77. The molecule has 1 aliphatic heterocycles. The van der Waals surface area contributed by atoms with Crippen LogP contribution in [0.1, 0.15) is 43.6 Å². The molecule has 0 bridgehead atoms. The molecule has 1 fully saturated rings. The molecule has 2 unspecified atom stereocenters. The van der Waals surface area contributed by atoms with Crippen LogP contribution in [-0.2, 0) is 0 Å². The van der Waals surface area contributed by atoms with Crippen molar-refractivity contribution < 1.29 is 4.79 Å². The summed E-state index contributed by atoms with van der Waals surface area (Å²) >= 11 is 0. The van der Waals surface area contributed by atoms with Crippen LogP contribution in [0.3, 0.4) is 0 Å². The summed E-state index contributed by atoms with van der Waals surface area (Å²) in [4.78, 5) is 18.6. The smallest absolute Gasteiger partial charge is 0.273 e. The Morgan fingerprint density at radius 2 is 2.11 bits per heavy atom. The van der Waals surface area contributed by atoms with Gasteiger partial charge >= 0.3 is 0 Å². The van der Waals surface area contributed by atoms with Crippen LogP contribution in [0.25, 0.3) is 0 Å². The first kappa shape index (κ1) is 12.8. The fourth-order valence-electron chi connectivity index (χ4n) is 2.59. The van der Waals surface area contributed by atoms with E-state index in [0.29, 0.717) is 11.4 Å². The van der Waals surface area contributed by atoms with Crippen LogP contribution in [0.2, 0.25) is 0 Å². The van der Waals surface area contributed by atoms with Gasteiger partial charge in [-0.25, -0.2) is 0 Å². The third-order valence-electron chi connectivity index (χ3n) is 3.57. The summed E-state index contributed by atoms with van der Waals surface area (Å²) in [6.45, 7) is 4.19. The van der Waals surface area contributed by atoms with Crippen LogP contribution in [-0.4, -0.2) is 27.9 Å². The minimum absolute atomic E-state index is 0.00759. The van der Waals surface area contributed by atoms with E-state index < -0.39 is 0 Å². The van der Waals surface area contributed by atoms with Gasteiger partial charge in [0.05, 0.1) is 5.69 Å². The van der Waals surface area contributed by atoms with Crippen molar-refractivity contribution in [2.45, 2.75) is 45.2 Å². The Morgan fingerprint density at radius 1 is 1.44 bits per heavy atom. The minimum atomic E-state index is -0.00759. The Labute approximate surface area is 107 Å². The maximum atomic E-state index is 12.5. The van der Waals surface area contributed by atoms with Crippen molar-refractivity contribution in [1.82, 2.24) is 9.88 Å². The number of nitrogens with two attached hydrogens (primary N) is 1.